The highest BCUT2D eigenvalue weighted by molar-refractivity contribution is 6.04. The predicted octanol–water partition coefficient (Wildman–Crippen LogP) is 1.52. The van der Waals surface area contributed by atoms with Crippen LogP contribution in [0.5, 0.6) is 0 Å². The first-order valence-electron chi connectivity index (χ1n) is 11.4. The number of likely N-dealkylation sites (tertiary alicyclic amines) is 1. The maximum atomic E-state index is 13.8. The van der Waals surface area contributed by atoms with Crippen molar-refractivity contribution in [3.63, 3.8) is 0 Å². The van der Waals surface area contributed by atoms with E-state index >= 15 is 0 Å². The second-order valence-corrected chi connectivity index (χ2v) is 9.48. The van der Waals surface area contributed by atoms with Crippen LogP contribution in [-0.4, -0.2) is 64.7 Å². The first-order valence-corrected chi connectivity index (χ1v) is 11.4. The van der Waals surface area contributed by atoms with Gasteiger partial charge in [-0.25, -0.2) is 0 Å². The zero-order valence-corrected chi connectivity index (χ0v) is 19.4. The van der Waals surface area contributed by atoms with E-state index in [2.05, 4.69) is 10.6 Å². The fourth-order valence-electron chi connectivity index (χ4n) is 6.27. The molecule has 6 atom stereocenters. The molecule has 3 N–H and O–H groups in total. The Bertz CT molecular complexity index is 945. The van der Waals surface area contributed by atoms with Crippen LogP contribution in [0.3, 0.4) is 0 Å². The number of carbonyl (C=O) groups excluding carboxylic acids is 3. The van der Waals surface area contributed by atoms with Crippen LogP contribution in [0.4, 0.5) is 5.69 Å². The van der Waals surface area contributed by atoms with E-state index in [9.17, 15) is 19.5 Å². The zero-order valence-electron chi connectivity index (χ0n) is 19.4. The molecule has 3 saturated heterocycles. The van der Waals surface area contributed by atoms with E-state index in [0.717, 1.165) is 11.1 Å². The molecule has 0 aromatic heterocycles. The minimum Gasteiger partial charge on any atom is -0.394 e. The number of hydrogen-bond acceptors (Lipinski definition) is 5. The third-order valence-electron chi connectivity index (χ3n) is 7.86. The van der Waals surface area contributed by atoms with E-state index in [4.69, 9.17) is 4.74 Å². The lowest BCUT2D eigenvalue weighted by Gasteiger charge is -2.36. The average molecular weight is 444 g/mol. The standard InChI is InChI=1S/C24H33N3O5/c1-6-23-10-11-24(32-23)17(16(23)20(29)25-5)22(31)27(15(4)12-28)19(24)21(30)26-18-13(2)8-7-9-14(18)3/h7-9,15-17,19,28H,6,10-12H2,1-5H3,(H,25,29)(H,26,30)/t15-,16+,17+,19?,23-,24?/m1/s1. The minimum atomic E-state index is -1.09. The first-order chi connectivity index (χ1) is 15.2. The number of nitrogens with zero attached hydrogens (tertiary/aromatic N) is 1. The molecular formula is C24H33N3O5. The molecule has 3 aliphatic rings. The summed E-state index contributed by atoms with van der Waals surface area (Å²) >= 11 is 0. The molecule has 0 saturated carbocycles. The van der Waals surface area contributed by atoms with Gasteiger partial charge in [0.05, 0.1) is 30.1 Å². The summed E-state index contributed by atoms with van der Waals surface area (Å²) < 4.78 is 6.62. The number of anilines is 1. The van der Waals surface area contributed by atoms with Gasteiger partial charge in [-0.3, -0.25) is 14.4 Å². The summed E-state index contributed by atoms with van der Waals surface area (Å²) in [5.74, 6) is -2.29. The molecule has 32 heavy (non-hydrogen) atoms. The molecule has 3 heterocycles. The molecule has 8 heteroatoms. The molecule has 1 aromatic rings. The number of rotatable bonds is 6. The molecule has 0 radical (unpaired) electrons. The van der Waals surface area contributed by atoms with Gasteiger partial charge in [0.15, 0.2) is 0 Å². The number of carbonyl (C=O) groups is 3. The monoisotopic (exact) mass is 443 g/mol. The maximum Gasteiger partial charge on any atom is 0.250 e. The Balaban J connectivity index is 1.81. The van der Waals surface area contributed by atoms with Crippen LogP contribution >= 0.6 is 0 Å². The normalized spacial score (nSPS) is 33.9. The van der Waals surface area contributed by atoms with Gasteiger partial charge in [-0.05, 0) is 51.2 Å². The SMILES string of the molecule is CC[C@]12CCC3(O1)C(C(=O)Nc1c(C)cccc1C)N([C@H](C)CO)C(=O)[C@@H]3[C@H]2C(=O)NC. The lowest BCUT2D eigenvalue weighted by molar-refractivity contribution is -0.148. The first kappa shape index (κ1) is 22.7. The smallest absolute Gasteiger partial charge is 0.250 e. The summed E-state index contributed by atoms with van der Waals surface area (Å²) in [5.41, 5.74) is 0.703. The van der Waals surface area contributed by atoms with Crippen LogP contribution in [0, 0.1) is 25.7 Å². The highest BCUT2D eigenvalue weighted by atomic mass is 16.5. The van der Waals surface area contributed by atoms with E-state index in [1.165, 1.54) is 4.90 Å². The van der Waals surface area contributed by atoms with Crippen molar-refractivity contribution in [3.05, 3.63) is 29.3 Å². The Morgan fingerprint density at radius 1 is 1.25 bits per heavy atom. The number of fused-ring (bicyclic) bond motifs is 1. The molecule has 0 aliphatic carbocycles. The minimum absolute atomic E-state index is 0.237. The summed E-state index contributed by atoms with van der Waals surface area (Å²) in [6, 6.07) is 4.26. The van der Waals surface area contributed by atoms with Crippen LogP contribution in [0.15, 0.2) is 18.2 Å². The van der Waals surface area contributed by atoms with Gasteiger partial charge in [0, 0.05) is 12.7 Å². The van der Waals surface area contributed by atoms with E-state index in [-0.39, 0.29) is 24.3 Å². The van der Waals surface area contributed by atoms with Gasteiger partial charge in [0.2, 0.25) is 17.7 Å². The molecule has 174 valence electrons. The average Bonchev–Trinajstić information content (AvgIpc) is 3.39. The van der Waals surface area contributed by atoms with Crippen molar-refractivity contribution < 1.29 is 24.2 Å². The largest absolute Gasteiger partial charge is 0.394 e. The Kier molecular flexibility index (Phi) is 5.57. The van der Waals surface area contributed by atoms with E-state index < -0.39 is 35.1 Å². The van der Waals surface area contributed by atoms with Crippen LogP contribution in [-0.2, 0) is 19.1 Å². The predicted molar refractivity (Wildman–Crippen MR) is 119 cm³/mol. The Hall–Kier alpha value is -2.45. The quantitative estimate of drug-likeness (QED) is 0.618. The second-order valence-electron chi connectivity index (χ2n) is 9.48. The second kappa shape index (κ2) is 7.85. The van der Waals surface area contributed by atoms with Gasteiger partial charge < -0.3 is 25.4 Å². The van der Waals surface area contributed by atoms with E-state index in [1.807, 2.05) is 39.0 Å². The van der Waals surface area contributed by atoms with E-state index in [0.29, 0.717) is 24.9 Å². The van der Waals surface area contributed by atoms with Crippen molar-refractivity contribution in [1.29, 1.82) is 0 Å². The Morgan fingerprint density at radius 3 is 2.47 bits per heavy atom. The van der Waals surface area contributed by atoms with Crippen molar-refractivity contribution in [2.75, 3.05) is 19.0 Å². The van der Waals surface area contributed by atoms with Crippen LogP contribution in [0.2, 0.25) is 0 Å². The third-order valence-corrected chi connectivity index (χ3v) is 7.86. The molecule has 1 aromatic carbocycles. The molecule has 4 rings (SSSR count). The van der Waals surface area contributed by atoms with E-state index in [1.54, 1.807) is 14.0 Å². The number of aryl methyl sites for hydroxylation is 2. The summed E-state index contributed by atoms with van der Waals surface area (Å²) in [6.45, 7) is 7.23. The summed E-state index contributed by atoms with van der Waals surface area (Å²) in [5, 5.41) is 15.6. The highest BCUT2D eigenvalue weighted by Gasteiger charge is 2.78. The summed E-state index contributed by atoms with van der Waals surface area (Å²) in [4.78, 5) is 41.9. The molecule has 2 unspecified atom stereocenters. The van der Waals surface area contributed by atoms with Gasteiger partial charge >= 0.3 is 0 Å². The van der Waals surface area contributed by atoms with Crippen molar-refractivity contribution in [3.8, 4) is 0 Å². The molecule has 3 fully saturated rings. The number of ether oxygens (including phenoxy) is 1. The summed E-state index contributed by atoms with van der Waals surface area (Å²) in [7, 11) is 1.56. The maximum absolute atomic E-state index is 13.8. The number of nitrogens with one attached hydrogen (secondary N) is 2. The van der Waals surface area contributed by atoms with Crippen molar-refractivity contribution in [2.45, 2.75) is 70.2 Å². The lowest BCUT2D eigenvalue weighted by atomic mass is 9.65. The highest BCUT2D eigenvalue weighted by Crippen LogP contribution is 2.64. The van der Waals surface area contributed by atoms with Crippen LogP contribution in [0.25, 0.3) is 0 Å². The number of benzene rings is 1. The van der Waals surface area contributed by atoms with Gasteiger partial charge in [0.1, 0.15) is 11.6 Å². The topological polar surface area (TPSA) is 108 Å². The Labute approximate surface area is 188 Å². The van der Waals surface area contributed by atoms with Gasteiger partial charge in [-0.15, -0.1) is 0 Å². The number of para-hydroxylation sites is 1. The molecule has 3 aliphatic heterocycles. The fourth-order valence-corrected chi connectivity index (χ4v) is 6.27. The van der Waals surface area contributed by atoms with Gasteiger partial charge in [0.25, 0.3) is 0 Å². The number of aliphatic hydroxyl groups excluding tert-OH is 1. The van der Waals surface area contributed by atoms with Crippen LogP contribution < -0.4 is 10.6 Å². The lowest BCUT2D eigenvalue weighted by Crippen LogP contribution is -2.56. The van der Waals surface area contributed by atoms with Crippen LogP contribution in [0.1, 0.15) is 44.2 Å². The fraction of sp³-hybridized carbons (Fsp3) is 0.625. The number of hydrogen-bond donors (Lipinski definition) is 3. The van der Waals surface area contributed by atoms with Crippen molar-refractivity contribution >= 4 is 23.4 Å². The molecule has 3 amide bonds. The van der Waals surface area contributed by atoms with Crippen molar-refractivity contribution in [2.24, 2.45) is 11.8 Å². The summed E-state index contributed by atoms with van der Waals surface area (Å²) in [6.07, 6.45) is 1.71. The molecule has 8 nitrogen and oxygen atoms in total. The van der Waals surface area contributed by atoms with Crippen molar-refractivity contribution in [1.82, 2.24) is 10.2 Å². The van der Waals surface area contributed by atoms with Gasteiger partial charge in [-0.1, -0.05) is 25.1 Å². The molecule has 2 bridgehead atoms. The molecular weight excluding hydrogens is 410 g/mol. The zero-order chi connectivity index (χ0) is 23.4. The number of amides is 3. The van der Waals surface area contributed by atoms with Gasteiger partial charge in [-0.2, -0.15) is 0 Å². The third kappa shape index (κ3) is 2.92. The molecule has 1 spiro atoms. The number of aliphatic hydroxyl groups is 1. The Morgan fingerprint density at radius 2 is 1.91 bits per heavy atom.